The van der Waals surface area contributed by atoms with Crippen LogP contribution in [0.2, 0.25) is 0 Å². The van der Waals surface area contributed by atoms with Gasteiger partial charge in [-0.25, -0.2) is 0 Å². The van der Waals surface area contributed by atoms with Gasteiger partial charge in [-0.3, -0.25) is 0 Å². The van der Waals surface area contributed by atoms with Crippen molar-refractivity contribution in [1.82, 2.24) is 0 Å². The highest BCUT2D eigenvalue weighted by molar-refractivity contribution is 6.33. The van der Waals surface area contributed by atoms with Crippen molar-refractivity contribution in [3.8, 4) is 22.3 Å². The van der Waals surface area contributed by atoms with Gasteiger partial charge in [0.1, 0.15) is 0 Å². The van der Waals surface area contributed by atoms with Crippen LogP contribution in [0.1, 0.15) is 0 Å². The topological polar surface area (TPSA) is 0 Å². The Morgan fingerprint density at radius 1 is 0.263 bits per heavy atom. The van der Waals surface area contributed by atoms with Gasteiger partial charge in [0.05, 0.1) is 0 Å². The first-order valence-corrected chi connectivity index (χ1v) is 13.2. The van der Waals surface area contributed by atoms with E-state index in [1.807, 2.05) is 0 Å². The van der Waals surface area contributed by atoms with Crippen molar-refractivity contribution in [3.05, 3.63) is 146 Å². The number of benzene rings is 8. The summed E-state index contributed by atoms with van der Waals surface area (Å²) >= 11 is 0. The number of rotatable bonds is 2. The van der Waals surface area contributed by atoms with Crippen molar-refractivity contribution in [1.29, 1.82) is 0 Å². The van der Waals surface area contributed by atoms with Crippen molar-refractivity contribution in [2.45, 2.75) is 0 Å². The summed E-state index contributed by atoms with van der Waals surface area (Å²) in [6.45, 7) is 0. The minimum atomic E-state index is 1.24. The second-order valence-electron chi connectivity index (χ2n) is 10.1. The van der Waals surface area contributed by atoms with Crippen LogP contribution in [-0.4, -0.2) is 0 Å². The Hall–Kier alpha value is -4.94. The zero-order chi connectivity index (χ0) is 25.1. The van der Waals surface area contributed by atoms with Crippen LogP contribution in [-0.2, 0) is 0 Å². The molecule has 0 spiro atoms. The third-order valence-corrected chi connectivity index (χ3v) is 8.03. The molecular formula is C38H24. The van der Waals surface area contributed by atoms with Crippen LogP contribution in [0.25, 0.3) is 76.1 Å². The minimum absolute atomic E-state index is 1.24. The summed E-state index contributed by atoms with van der Waals surface area (Å²) in [5.41, 5.74) is 5.00. The van der Waals surface area contributed by atoms with E-state index in [-0.39, 0.29) is 0 Å². The lowest BCUT2D eigenvalue weighted by molar-refractivity contribution is 1.63. The Morgan fingerprint density at radius 2 is 0.737 bits per heavy atom. The van der Waals surface area contributed by atoms with Gasteiger partial charge in [-0.05, 0) is 88.2 Å². The van der Waals surface area contributed by atoms with Gasteiger partial charge < -0.3 is 0 Å². The Morgan fingerprint density at radius 3 is 1.45 bits per heavy atom. The van der Waals surface area contributed by atoms with Gasteiger partial charge in [-0.1, -0.05) is 133 Å². The van der Waals surface area contributed by atoms with Crippen molar-refractivity contribution in [3.63, 3.8) is 0 Å². The summed E-state index contributed by atoms with van der Waals surface area (Å²) < 4.78 is 0. The molecule has 0 N–H and O–H groups in total. The molecule has 0 amide bonds. The summed E-state index contributed by atoms with van der Waals surface area (Å²) in [6, 6.07) is 53.3. The van der Waals surface area contributed by atoms with Crippen molar-refractivity contribution < 1.29 is 0 Å². The van der Waals surface area contributed by atoms with Crippen LogP contribution in [0, 0.1) is 0 Å². The maximum Gasteiger partial charge on any atom is -0.00199 e. The molecule has 0 nitrogen and oxygen atoms in total. The summed E-state index contributed by atoms with van der Waals surface area (Å²) in [4.78, 5) is 0. The zero-order valence-corrected chi connectivity index (χ0v) is 20.9. The molecule has 0 aromatic heterocycles. The highest BCUT2D eigenvalue weighted by atomic mass is 14.2. The predicted molar refractivity (Wildman–Crippen MR) is 165 cm³/mol. The molecule has 0 atom stereocenters. The molecule has 8 aromatic carbocycles. The lowest BCUT2D eigenvalue weighted by atomic mass is 9.87. The van der Waals surface area contributed by atoms with E-state index in [9.17, 15) is 0 Å². The summed E-state index contributed by atoms with van der Waals surface area (Å²) in [7, 11) is 0. The Bertz CT molecular complexity index is 2160. The van der Waals surface area contributed by atoms with Gasteiger partial charge in [-0.2, -0.15) is 0 Å². The minimum Gasteiger partial charge on any atom is -0.0616 e. The standard InChI is InChI=1S/C38H24/c1-2-10-28-23-29(22-19-25(28)9-1)26-17-20-27(21-18-26)36-24-37-32-13-4-3-11-30(32)31-12-5-7-15-34(31)38(37)35-16-8-6-14-33(35)36/h1-24H. The largest absolute Gasteiger partial charge is 0.0616 e. The van der Waals surface area contributed by atoms with Gasteiger partial charge in [-0.15, -0.1) is 0 Å². The summed E-state index contributed by atoms with van der Waals surface area (Å²) in [6.07, 6.45) is 0. The van der Waals surface area contributed by atoms with Crippen LogP contribution < -0.4 is 0 Å². The summed E-state index contributed by atoms with van der Waals surface area (Å²) in [5.74, 6) is 0. The van der Waals surface area contributed by atoms with Gasteiger partial charge in [0.25, 0.3) is 0 Å². The van der Waals surface area contributed by atoms with Crippen molar-refractivity contribution >= 4 is 53.9 Å². The molecule has 0 radical (unpaired) electrons. The van der Waals surface area contributed by atoms with Gasteiger partial charge >= 0.3 is 0 Å². The van der Waals surface area contributed by atoms with Gasteiger partial charge in [0.15, 0.2) is 0 Å². The van der Waals surface area contributed by atoms with E-state index >= 15 is 0 Å². The molecule has 0 saturated carbocycles. The average Bonchev–Trinajstić information content (AvgIpc) is 3.00. The third-order valence-electron chi connectivity index (χ3n) is 8.03. The van der Waals surface area contributed by atoms with E-state index in [2.05, 4.69) is 146 Å². The SMILES string of the molecule is c1ccc2cc(-c3ccc(-c4cc5c6ccccc6c6ccccc6c5c5ccccc45)cc3)ccc2c1. The van der Waals surface area contributed by atoms with Crippen LogP contribution in [0.3, 0.4) is 0 Å². The van der Waals surface area contributed by atoms with E-state index < -0.39 is 0 Å². The number of hydrogen-bond donors (Lipinski definition) is 0. The molecule has 8 aromatic rings. The number of fused-ring (bicyclic) bond motifs is 9. The second kappa shape index (κ2) is 8.30. The normalized spacial score (nSPS) is 11.7. The highest BCUT2D eigenvalue weighted by Crippen LogP contribution is 2.42. The van der Waals surface area contributed by atoms with Gasteiger partial charge in [0, 0.05) is 0 Å². The fourth-order valence-corrected chi connectivity index (χ4v) is 6.22. The van der Waals surface area contributed by atoms with Crippen molar-refractivity contribution in [2.24, 2.45) is 0 Å². The Balaban J connectivity index is 1.38. The van der Waals surface area contributed by atoms with E-state index in [0.29, 0.717) is 0 Å². The summed E-state index contributed by atoms with van der Waals surface area (Å²) in [5, 5.41) is 13.0. The molecule has 0 aliphatic carbocycles. The second-order valence-corrected chi connectivity index (χ2v) is 10.1. The highest BCUT2D eigenvalue weighted by Gasteiger charge is 2.14. The maximum absolute atomic E-state index is 2.41. The van der Waals surface area contributed by atoms with Crippen LogP contribution in [0.4, 0.5) is 0 Å². The van der Waals surface area contributed by atoms with E-state index in [1.165, 1.54) is 76.1 Å². The molecule has 0 aliphatic heterocycles. The van der Waals surface area contributed by atoms with Crippen molar-refractivity contribution in [2.75, 3.05) is 0 Å². The predicted octanol–water partition coefficient (Wildman–Crippen LogP) is 10.8. The maximum atomic E-state index is 2.41. The number of hydrogen-bond acceptors (Lipinski definition) is 0. The average molecular weight is 481 g/mol. The van der Waals surface area contributed by atoms with E-state index in [4.69, 9.17) is 0 Å². The molecule has 176 valence electrons. The molecule has 0 saturated heterocycles. The molecule has 0 bridgehead atoms. The Kier molecular flexibility index (Phi) is 4.62. The lowest BCUT2D eigenvalue weighted by Crippen LogP contribution is -1.89. The zero-order valence-electron chi connectivity index (χ0n) is 20.9. The molecule has 0 fully saturated rings. The quantitative estimate of drug-likeness (QED) is 0.216. The molecule has 38 heavy (non-hydrogen) atoms. The van der Waals surface area contributed by atoms with Gasteiger partial charge in [0.2, 0.25) is 0 Å². The molecule has 0 heteroatoms. The molecule has 8 rings (SSSR count). The molecule has 0 aliphatic rings. The first-order valence-electron chi connectivity index (χ1n) is 13.2. The van der Waals surface area contributed by atoms with E-state index in [1.54, 1.807) is 0 Å². The first-order chi connectivity index (χ1) is 18.8. The fourth-order valence-electron chi connectivity index (χ4n) is 6.22. The fraction of sp³-hybridized carbons (Fsp3) is 0. The Labute approximate surface area is 221 Å². The van der Waals surface area contributed by atoms with Crippen LogP contribution >= 0.6 is 0 Å². The van der Waals surface area contributed by atoms with Crippen LogP contribution in [0.15, 0.2) is 146 Å². The molecule has 0 unspecified atom stereocenters. The molecule has 0 heterocycles. The molecular weight excluding hydrogens is 456 g/mol. The third kappa shape index (κ3) is 3.17. The van der Waals surface area contributed by atoms with E-state index in [0.717, 1.165) is 0 Å². The monoisotopic (exact) mass is 480 g/mol. The lowest BCUT2D eigenvalue weighted by Gasteiger charge is -2.16. The van der Waals surface area contributed by atoms with Crippen LogP contribution in [0.5, 0.6) is 0 Å². The first kappa shape index (κ1) is 21.2. The smallest absolute Gasteiger partial charge is 0.00199 e.